The van der Waals surface area contributed by atoms with Gasteiger partial charge in [0.15, 0.2) is 0 Å². The third kappa shape index (κ3) is 2.30. The molecule has 18 heavy (non-hydrogen) atoms. The van der Waals surface area contributed by atoms with E-state index in [-0.39, 0.29) is 17.4 Å². The summed E-state index contributed by atoms with van der Waals surface area (Å²) in [6, 6.07) is 2.04. The van der Waals surface area contributed by atoms with Crippen molar-refractivity contribution in [3.8, 4) is 0 Å². The molecule has 2 aromatic heterocycles. The molecule has 0 spiro atoms. The fraction of sp³-hybridized carbons (Fsp3) is 0.500. The van der Waals surface area contributed by atoms with Crippen LogP contribution in [0.15, 0.2) is 11.4 Å². The Morgan fingerprint density at radius 1 is 1.33 bits per heavy atom. The highest BCUT2D eigenvalue weighted by atomic mass is 35.5. The number of rotatable bonds is 2. The second-order valence-electron chi connectivity index (χ2n) is 4.58. The number of nitrogens with one attached hydrogen (secondary N) is 1. The van der Waals surface area contributed by atoms with Crippen molar-refractivity contribution in [3.05, 3.63) is 16.7 Å². The summed E-state index contributed by atoms with van der Waals surface area (Å²) in [4.78, 5) is 9.30. The van der Waals surface area contributed by atoms with Gasteiger partial charge in [0.1, 0.15) is 10.6 Å². The molecule has 0 amide bonds. The van der Waals surface area contributed by atoms with Crippen LogP contribution in [-0.4, -0.2) is 27.2 Å². The van der Waals surface area contributed by atoms with Crippen LogP contribution in [0.4, 0.5) is 5.82 Å². The number of aliphatic hydroxyl groups excluding tert-OH is 1. The molecule has 3 rings (SSSR count). The maximum atomic E-state index is 9.99. The van der Waals surface area contributed by atoms with E-state index in [2.05, 4.69) is 15.3 Å². The van der Waals surface area contributed by atoms with Gasteiger partial charge < -0.3 is 10.4 Å². The van der Waals surface area contributed by atoms with Crippen molar-refractivity contribution in [3.63, 3.8) is 0 Å². The lowest BCUT2D eigenvalue weighted by atomic mass is 9.92. The molecule has 2 aromatic rings. The molecule has 2 atom stereocenters. The van der Waals surface area contributed by atoms with Crippen molar-refractivity contribution in [2.24, 2.45) is 0 Å². The minimum absolute atomic E-state index is 0.0628. The number of hydrogen-bond donors (Lipinski definition) is 2. The highest BCUT2D eigenvalue weighted by Crippen LogP contribution is 2.29. The molecule has 96 valence electrons. The summed E-state index contributed by atoms with van der Waals surface area (Å²) in [5.74, 6) is 0.734. The Morgan fingerprint density at radius 2 is 2.17 bits per heavy atom. The average molecular weight is 284 g/mol. The predicted molar refractivity (Wildman–Crippen MR) is 74.3 cm³/mol. The van der Waals surface area contributed by atoms with Gasteiger partial charge in [-0.1, -0.05) is 12.8 Å². The van der Waals surface area contributed by atoms with Gasteiger partial charge >= 0.3 is 0 Å². The molecule has 0 saturated heterocycles. The van der Waals surface area contributed by atoms with E-state index in [0.29, 0.717) is 0 Å². The highest BCUT2D eigenvalue weighted by Gasteiger charge is 2.24. The zero-order valence-corrected chi connectivity index (χ0v) is 11.3. The zero-order valence-electron chi connectivity index (χ0n) is 9.77. The van der Waals surface area contributed by atoms with Crippen LogP contribution in [-0.2, 0) is 0 Å². The normalized spacial score (nSPS) is 24.3. The number of anilines is 1. The van der Waals surface area contributed by atoms with Crippen molar-refractivity contribution in [1.29, 1.82) is 0 Å². The molecule has 0 bridgehead atoms. The van der Waals surface area contributed by atoms with E-state index in [1.165, 1.54) is 0 Å². The lowest BCUT2D eigenvalue weighted by Gasteiger charge is -2.28. The Bertz CT molecular complexity index is 559. The summed E-state index contributed by atoms with van der Waals surface area (Å²) in [5, 5.41) is 16.5. The Labute approximate surface area is 114 Å². The van der Waals surface area contributed by atoms with Crippen molar-refractivity contribution < 1.29 is 5.11 Å². The van der Waals surface area contributed by atoms with Gasteiger partial charge in [-0.25, -0.2) is 9.97 Å². The number of halogens is 1. The molecule has 1 fully saturated rings. The summed E-state index contributed by atoms with van der Waals surface area (Å²) in [6.07, 6.45) is 3.75. The molecule has 6 heteroatoms. The number of nitrogens with zero attached hydrogens (tertiary/aromatic N) is 2. The second kappa shape index (κ2) is 4.99. The Balaban J connectivity index is 1.91. The number of thiophene rings is 1. The topological polar surface area (TPSA) is 58.0 Å². The molecule has 2 N–H and O–H groups in total. The van der Waals surface area contributed by atoms with Crippen molar-refractivity contribution in [2.75, 3.05) is 5.32 Å². The second-order valence-corrected chi connectivity index (χ2v) is 5.82. The number of aromatic nitrogens is 2. The van der Waals surface area contributed by atoms with E-state index >= 15 is 0 Å². The van der Waals surface area contributed by atoms with Gasteiger partial charge in [-0.15, -0.1) is 11.3 Å². The first-order valence-corrected chi connectivity index (χ1v) is 7.35. The largest absolute Gasteiger partial charge is 0.391 e. The van der Waals surface area contributed by atoms with Crippen LogP contribution in [0.2, 0.25) is 5.28 Å². The lowest BCUT2D eigenvalue weighted by molar-refractivity contribution is 0.116. The fourth-order valence-electron chi connectivity index (χ4n) is 2.39. The van der Waals surface area contributed by atoms with Crippen LogP contribution >= 0.6 is 22.9 Å². The molecule has 2 heterocycles. The van der Waals surface area contributed by atoms with Crippen molar-refractivity contribution >= 4 is 39.0 Å². The maximum absolute atomic E-state index is 9.99. The number of hydrogen-bond acceptors (Lipinski definition) is 5. The first-order valence-electron chi connectivity index (χ1n) is 6.09. The number of aliphatic hydroxyl groups is 1. The summed E-state index contributed by atoms with van der Waals surface area (Å²) >= 11 is 7.46. The van der Waals surface area contributed by atoms with Crippen LogP contribution in [0.3, 0.4) is 0 Å². The van der Waals surface area contributed by atoms with Crippen LogP contribution in [0, 0.1) is 0 Å². The van der Waals surface area contributed by atoms with E-state index in [0.717, 1.165) is 41.7 Å². The van der Waals surface area contributed by atoms with Gasteiger partial charge in [0, 0.05) is 0 Å². The predicted octanol–water partition coefficient (Wildman–Crippen LogP) is 3.06. The molecule has 1 aliphatic rings. The van der Waals surface area contributed by atoms with Gasteiger partial charge in [0.2, 0.25) is 5.28 Å². The molecular weight excluding hydrogens is 270 g/mol. The van der Waals surface area contributed by atoms with Crippen LogP contribution in [0.1, 0.15) is 25.7 Å². The molecule has 4 nitrogen and oxygen atoms in total. The summed E-state index contributed by atoms with van der Waals surface area (Å²) in [5.41, 5.74) is 0. The molecule has 2 unspecified atom stereocenters. The summed E-state index contributed by atoms with van der Waals surface area (Å²) < 4.78 is 0. The van der Waals surface area contributed by atoms with Gasteiger partial charge in [-0.3, -0.25) is 0 Å². The van der Waals surface area contributed by atoms with Crippen LogP contribution in [0.5, 0.6) is 0 Å². The maximum Gasteiger partial charge on any atom is 0.225 e. The van der Waals surface area contributed by atoms with Crippen LogP contribution in [0.25, 0.3) is 10.2 Å². The standard InChI is InChI=1S/C12H14ClN3OS/c13-12-15-10(7-5-6-18-11(7)16-12)14-8-3-1-2-4-9(8)17/h5-6,8-9,17H,1-4H2,(H,14,15,16). The molecule has 1 aliphatic carbocycles. The fourth-order valence-corrected chi connectivity index (χ4v) is 3.38. The third-order valence-electron chi connectivity index (χ3n) is 3.35. The third-order valence-corrected chi connectivity index (χ3v) is 4.33. The minimum Gasteiger partial charge on any atom is -0.391 e. The first-order chi connectivity index (χ1) is 8.74. The van der Waals surface area contributed by atoms with E-state index in [4.69, 9.17) is 11.6 Å². The summed E-state index contributed by atoms with van der Waals surface area (Å²) in [7, 11) is 0. The average Bonchev–Trinajstić information content (AvgIpc) is 2.80. The molecule has 0 radical (unpaired) electrons. The number of fused-ring (bicyclic) bond motifs is 1. The van der Waals surface area contributed by atoms with Crippen molar-refractivity contribution in [2.45, 2.75) is 37.8 Å². The smallest absolute Gasteiger partial charge is 0.225 e. The summed E-state index contributed by atoms with van der Waals surface area (Å²) in [6.45, 7) is 0. The monoisotopic (exact) mass is 283 g/mol. The van der Waals surface area contributed by atoms with Crippen LogP contribution < -0.4 is 5.32 Å². The molecular formula is C12H14ClN3OS. The first kappa shape index (κ1) is 12.1. The van der Waals surface area contributed by atoms with Gasteiger partial charge in [-0.2, -0.15) is 0 Å². The SMILES string of the molecule is OC1CCCCC1Nc1nc(Cl)nc2sccc12. The van der Waals surface area contributed by atoms with E-state index in [9.17, 15) is 5.11 Å². The highest BCUT2D eigenvalue weighted by molar-refractivity contribution is 7.16. The van der Waals surface area contributed by atoms with E-state index < -0.39 is 0 Å². The van der Waals surface area contributed by atoms with Gasteiger partial charge in [-0.05, 0) is 35.9 Å². The minimum atomic E-state index is -0.304. The Hall–Kier alpha value is -0.910. The zero-order chi connectivity index (χ0) is 12.5. The van der Waals surface area contributed by atoms with Gasteiger partial charge in [0.05, 0.1) is 17.5 Å². The van der Waals surface area contributed by atoms with E-state index in [1.54, 1.807) is 11.3 Å². The molecule has 1 saturated carbocycles. The van der Waals surface area contributed by atoms with Gasteiger partial charge in [0.25, 0.3) is 0 Å². The van der Waals surface area contributed by atoms with Crippen molar-refractivity contribution in [1.82, 2.24) is 9.97 Å². The quantitative estimate of drug-likeness (QED) is 0.832. The Kier molecular flexibility index (Phi) is 3.37. The molecule has 0 aliphatic heterocycles. The van der Waals surface area contributed by atoms with E-state index in [1.807, 2.05) is 11.4 Å². The molecule has 0 aromatic carbocycles. The lowest BCUT2D eigenvalue weighted by Crippen LogP contribution is -2.36. The Morgan fingerprint density at radius 3 is 3.00 bits per heavy atom.